The van der Waals surface area contributed by atoms with Gasteiger partial charge in [0.15, 0.2) is 0 Å². The first-order valence-corrected chi connectivity index (χ1v) is 7.16. The molecule has 0 radical (unpaired) electrons. The summed E-state index contributed by atoms with van der Waals surface area (Å²) in [6.07, 6.45) is 0. The van der Waals surface area contributed by atoms with Crippen molar-refractivity contribution in [1.82, 2.24) is 10.2 Å². The standard InChI is InChI=1S/C13H13ClN2O3S/c1-4-18-12(17)11-15-16-13(20-11)19-9-5-7(2)10(14)8(3)6-9/h5-6H,4H2,1-3H3. The Balaban J connectivity index is 2.17. The Morgan fingerprint density at radius 2 is 1.95 bits per heavy atom. The topological polar surface area (TPSA) is 61.3 Å². The highest BCUT2D eigenvalue weighted by Crippen LogP contribution is 2.30. The van der Waals surface area contributed by atoms with Crippen LogP contribution in [0.5, 0.6) is 10.9 Å². The van der Waals surface area contributed by atoms with Crippen LogP contribution in [0, 0.1) is 13.8 Å². The summed E-state index contributed by atoms with van der Waals surface area (Å²) in [6.45, 7) is 5.82. The second-order valence-electron chi connectivity index (χ2n) is 4.07. The zero-order valence-electron chi connectivity index (χ0n) is 11.3. The van der Waals surface area contributed by atoms with Gasteiger partial charge in [0.1, 0.15) is 5.75 Å². The molecule has 2 aromatic rings. The number of ether oxygens (including phenoxy) is 2. The summed E-state index contributed by atoms with van der Waals surface area (Å²) in [6, 6.07) is 3.61. The van der Waals surface area contributed by atoms with Gasteiger partial charge in [-0.2, -0.15) is 0 Å². The Labute approximate surface area is 125 Å². The number of nitrogens with zero attached hydrogens (tertiary/aromatic N) is 2. The second-order valence-corrected chi connectivity index (χ2v) is 5.38. The molecule has 1 heterocycles. The van der Waals surface area contributed by atoms with Crippen LogP contribution in [-0.4, -0.2) is 22.8 Å². The number of rotatable bonds is 4. The van der Waals surface area contributed by atoms with E-state index in [9.17, 15) is 4.79 Å². The number of carbonyl (C=O) groups is 1. The summed E-state index contributed by atoms with van der Waals surface area (Å²) in [7, 11) is 0. The van der Waals surface area contributed by atoms with E-state index in [0.29, 0.717) is 17.4 Å². The number of benzene rings is 1. The number of hydrogen-bond acceptors (Lipinski definition) is 6. The summed E-state index contributed by atoms with van der Waals surface area (Å²) in [5.74, 6) is 0.110. The van der Waals surface area contributed by atoms with Crippen molar-refractivity contribution in [3.8, 4) is 10.9 Å². The molecular weight excluding hydrogens is 300 g/mol. The predicted molar refractivity (Wildman–Crippen MR) is 76.9 cm³/mol. The Morgan fingerprint density at radius 1 is 1.30 bits per heavy atom. The van der Waals surface area contributed by atoms with E-state index in [1.165, 1.54) is 0 Å². The number of halogens is 1. The van der Waals surface area contributed by atoms with Gasteiger partial charge < -0.3 is 9.47 Å². The molecule has 0 aliphatic carbocycles. The lowest BCUT2D eigenvalue weighted by Crippen LogP contribution is -2.03. The highest BCUT2D eigenvalue weighted by Gasteiger charge is 2.15. The number of esters is 1. The lowest BCUT2D eigenvalue weighted by Gasteiger charge is -2.06. The quantitative estimate of drug-likeness (QED) is 0.804. The van der Waals surface area contributed by atoms with Gasteiger partial charge in [-0.15, -0.1) is 5.10 Å². The van der Waals surface area contributed by atoms with Gasteiger partial charge in [0.2, 0.25) is 5.01 Å². The van der Waals surface area contributed by atoms with E-state index in [0.717, 1.165) is 22.5 Å². The van der Waals surface area contributed by atoms with Crippen molar-refractivity contribution < 1.29 is 14.3 Å². The van der Waals surface area contributed by atoms with Gasteiger partial charge in [-0.3, -0.25) is 0 Å². The molecule has 0 spiro atoms. The molecule has 20 heavy (non-hydrogen) atoms. The van der Waals surface area contributed by atoms with Gasteiger partial charge in [0.05, 0.1) is 6.61 Å². The van der Waals surface area contributed by atoms with E-state index >= 15 is 0 Å². The molecule has 0 saturated carbocycles. The van der Waals surface area contributed by atoms with Crippen molar-refractivity contribution in [3.63, 3.8) is 0 Å². The molecule has 1 aromatic heterocycles. The monoisotopic (exact) mass is 312 g/mol. The van der Waals surface area contributed by atoms with Crippen LogP contribution >= 0.6 is 22.9 Å². The third kappa shape index (κ3) is 3.26. The molecule has 0 aliphatic heterocycles. The lowest BCUT2D eigenvalue weighted by atomic mass is 10.1. The van der Waals surface area contributed by atoms with E-state index < -0.39 is 5.97 Å². The number of aromatic nitrogens is 2. The molecule has 5 nitrogen and oxygen atoms in total. The fourth-order valence-corrected chi connectivity index (χ4v) is 2.31. The fraction of sp³-hybridized carbons (Fsp3) is 0.308. The first-order valence-electron chi connectivity index (χ1n) is 5.96. The maximum absolute atomic E-state index is 11.5. The average molecular weight is 313 g/mol. The van der Waals surface area contributed by atoms with Crippen LogP contribution in [0.25, 0.3) is 0 Å². The Bertz CT molecular complexity index is 619. The van der Waals surface area contributed by atoms with Crippen LogP contribution in [0.4, 0.5) is 0 Å². The second kappa shape index (κ2) is 6.19. The van der Waals surface area contributed by atoms with E-state index in [1.807, 2.05) is 13.8 Å². The molecule has 0 saturated heterocycles. The summed E-state index contributed by atoms with van der Waals surface area (Å²) >= 11 is 7.13. The average Bonchev–Trinajstić information content (AvgIpc) is 2.85. The summed E-state index contributed by atoms with van der Waals surface area (Å²) in [5, 5.41) is 8.71. The summed E-state index contributed by atoms with van der Waals surface area (Å²) in [4.78, 5) is 11.5. The first kappa shape index (κ1) is 14.7. The van der Waals surface area contributed by atoms with Crippen LogP contribution in [0.3, 0.4) is 0 Å². The minimum absolute atomic E-state index is 0.171. The van der Waals surface area contributed by atoms with E-state index in [-0.39, 0.29) is 10.2 Å². The first-order chi connectivity index (χ1) is 9.51. The minimum atomic E-state index is -0.497. The third-order valence-electron chi connectivity index (χ3n) is 2.47. The van der Waals surface area contributed by atoms with Crippen molar-refractivity contribution in [2.75, 3.05) is 6.61 Å². The molecule has 0 fully saturated rings. The molecule has 0 unspecified atom stereocenters. The van der Waals surface area contributed by atoms with Crippen molar-refractivity contribution in [3.05, 3.63) is 33.3 Å². The summed E-state index contributed by atoms with van der Waals surface area (Å²) < 4.78 is 10.4. The van der Waals surface area contributed by atoms with Gasteiger partial charge >= 0.3 is 5.97 Å². The van der Waals surface area contributed by atoms with Crippen molar-refractivity contribution in [1.29, 1.82) is 0 Å². The molecule has 0 atom stereocenters. The molecule has 7 heteroatoms. The van der Waals surface area contributed by atoms with Gasteiger partial charge in [-0.1, -0.05) is 16.7 Å². The highest BCUT2D eigenvalue weighted by molar-refractivity contribution is 7.14. The molecule has 0 amide bonds. The van der Waals surface area contributed by atoms with E-state index in [2.05, 4.69) is 10.2 Å². The van der Waals surface area contributed by atoms with Gasteiger partial charge in [-0.25, -0.2) is 4.79 Å². The largest absolute Gasteiger partial charge is 0.461 e. The van der Waals surface area contributed by atoms with Crippen LogP contribution in [0.15, 0.2) is 12.1 Å². The molecule has 0 N–H and O–H groups in total. The van der Waals surface area contributed by atoms with Crippen LogP contribution in [0.1, 0.15) is 27.9 Å². The Hall–Kier alpha value is -1.66. The Morgan fingerprint density at radius 3 is 2.55 bits per heavy atom. The molecule has 106 valence electrons. The normalized spacial score (nSPS) is 10.4. The van der Waals surface area contributed by atoms with E-state index in [1.54, 1.807) is 19.1 Å². The minimum Gasteiger partial charge on any atom is -0.461 e. The molecule has 0 bridgehead atoms. The molecular formula is C13H13ClN2O3S. The maximum atomic E-state index is 11.5. The van der Waals surface area contributed by atoms with E-state index in [4.69, 9.17) is 21.1 Å². The van der Waals surface area contributed by atoms with Crippen LogP contribution in [-0.2, 0) is 4.74 Å². The van der Waals surface area contributed by atoms with Crippen molar-refractivity contribution in [2.24, 2.45) is 0 Å². The van der Waals surface area contributed by atoms with Gasteiger partial charge in [0, 0.05) is 5.02 Å². The number of aryl methyl sites for hydroxylation is 2. The van der Waals surface area contributed by atoms with Crippen molar-refractivity contribution in [2.45, 2.75) is 20.8 Å². The molecule has 0 aliphatic rings. The SMILES string of the molecule is CCOC(=O)c1nnc(Oc2cc(C)c(Cl)c(C)c2)s1. The van der Waals surface area contributed by atoms with Gasteiger partial charge in [0.25, 0.3) is 5.19 Å². The van der Waals surface area contributed by atoms with Crippen LogP contribution < -0.4 is 4.74 Å². The Kier molecular flexibility index (Phi) is 4.57. The van der Waals surface area contributed by atoms with Gasteiger partial charge in [-0.05, 0) is 55.4 Å². The molecule has 2 rings (SSSR count). The lowest BCUT2D eigenvalue weighted by molar-refractivity contribution is 0.0525. The zero-order valence-corrected chi connectivity index (χ0v) is 12.8. The van der Waals surface area contributed by atoms with Crippen LogP contribution in [0.2, 0.25) is 5.02 Å². The fourth-order valence-electron chi connectivity index (χ4n) is 1.59. The number of carbonyl (C=O) groups excluding carboxylic acids is 1. The smallest absolute Gasteiger partial charge is 0.369 e. The summed E-state index contributed by atoms with van der Waals surface area (Å²) in [5.41, 5.74) is 1.83. The highest BCUT2D eigenvalue weighted by atomic mass is 35.5. The predicted octanol–water partition coefficient (Wildman–Crippen LogP) is 3.78. The number of hydrogen-bond donors (Lipinski definition) is 0. The third-order valence-corrected chi connectivity index (χ3v) is 3.85. The zero-order chi connectivity index (χ0) is 14.7. The maximum Gasteiger partial charge on any atom is 0.369 e. The molecule has 1 aromatic carbocycles. The van der Waals surface area contributed by atoms with Crippen molar-refractivity contribution >= 4 is 28.9 Å².